The summed E-state index contributed by atoms with van der Waals surface area (Å²) in [6.45, 7) is 5.98. The van der Waals surface area contributed by atoms with Gasteiger partial charge in [-0.25, -0.2) is 9.59 Å². The maximum absolute atomic E-state index is 9.10. The SMILES string of the molecule is O=C(O)C(=O)O.c1ccc(COc2ccc(CN3CCN(c4ccccc4)CC3)cc2)cc1. The van der Waals surface area contributed by atoms with Crippen LogP contribution in [0.4, 0.5) is 5.69 Å². The summed E-state index contributed by atoms with van der Waals surface area (Å²) >= 11 is 0. The van der Waals surface area contributed by atoms with Gasteiger partial charge in [0.25, 0.3) is 0 Å². The summed E-state index contributed by atoms with van der Waals surface area (Å²) in [4.78, 5) is 23.2. The predicted octanol–water partition coefficient (Wildman–Crippen LogP) is 3.74. The van der Waals surface area contributed by atoms with E-state index in [2.05, 4.69) is 76.5 Å². The molecule has 0 saturated carbocycles. The monoisotopic (exact) mass is 448 g/mol. The summed E-state index contributed by atoms with van der Waals surface area (Å²) in [5.41, 5.74) is 3.87. The number of rotatable bonds is 6. The molecular weight excluding hydrogens is 420 g/mol. The van der Waals surface area contributed by atoms with E-state index in [1.807, 2.05) is 18.2 Å². The molecule has 0 amide bonds. The third-order valence-electron chi connectivity index (χ3n) is 5.25. The molecule has 1 fully saturated rings. The van der Waals surface area contributed by atoms with Gasteiger partial charge in [0.15, 0.2) is 0 Å². The van der Waals surface area contributed by atoms with Crippen LogP contribution in [-0.2, 0) is 22.7 Å². The molecule has 0 bridgehead atoms. The standard InChI is InChI=1S/C24H26N2O.C2H2O4/c1-3-7-22(8-4-1)20-27-24-13-11-21(12-14-24)19-25-15-17-26(18-16-25)23-9-5-2-6-10-23;3-1(4)2(5)6/h1-14H,15-20H2;(H,3,4)(H,5,6). The second-order valence-electron chi connectivity index (χ2n) is 7.63. The van der Waals surface area contributed by atoms with Crippen molar-refractivity contribution in [2.45, 2.75) is 13.2 Å². The van der Waals surface area contributed by atoms with Crippen molar-refractivity contribution in [3.05, 3.63) is 96.1 Å². The van der Waals surface area contributed by atoms with E-state index in [4.69, 9.17) is 24.5 Å². The maximum Gasteiger partial charge on any atom is 0.414 e. The Morgan fingerprint density at radius 1 is 0.697 bits per heavy atom. The lowest BCUT2D eigenvalue weighted by atomic mass is 10.2. The van der Waals surface area contributed by atoms with Crippen molar-refractivity contribution in [1.29, 1.82) is 0 Å². The maximum atomic E-state index is 9.10. The highest BCUT2D eigenvalue weighted by molar-refractivity contribution is 6.27. The van der Waals surface area contributed by atoms with Crippen LogP contribution >= 0.6 is 0 Å². The molecule has 0 radical (unpaired) electrons. The number of carbonyl (C=O) groups is 2. The highest BCUT2D eigenvalue weighted by Crippen LogP contribution is 2.18. The number of benzene rings is 3. The molecule has 0 unspecified atom stereocenters. The predicted molar refractivity (Wildman–Crippen MR) is 126 cm³/mol. The molecule has 0 aromatic heterocycles. The average molecular weight is 449 g/mol. The summed E-state index contributed by atoms with van der Waals surface area (Å²) in [5, 5.41) is 14.8. The fourth-order valence-electron chi connectivity index (χ4n) is 3.49. The molecule has 2 N–H and O–H groups in total. The Kier molecular flexibility index (Phi) is 8.85. The van der Waals surface area contributed by atoms with Crippen molar-refractivity contribution >= 4 is 17.6 Å². The summed E-state index contributed by atoms with van der Waals surface area (Å²) in [6, 6.07) is 29.5. The van der Waals surface area contributed by atoms with Crippen LogP contribution in [0.2, 0.25) is 0 Å². The third-order valence-corrected chi connectivity index (χ3v) is 5.25. The fourth-order valence-corrected chi connectivity index (χ4v) is 3.49. The Hall–Kier alpha value is -3.84. The van der Waals surface area contributed by atoms with Crippen LogP contribution in [0, 0.1) is 0 Å². The molecule has 0 aliphatic carbocycles. The van der Waals surface area contributed by atoms with Crippen molar-refractivity contribution < 1.29 is 24.5 Å². The molecule has 4 rings (SSSR count). The lowest BCUT2D eigenvalue weighted by Gasteiger charge is -2.36. The number of anilines is 1. The second kappa shape index (κ2) is 12.3. The van der Waals surface area contributed by atoms with Gasteiger partial charge in [-0.3, -0.25) is 4.90 Å². The van der Waals surface area contributed by atoms with E-state index < -0.39 is 11.9 Å². The number of piperazine rings is 1. The zero-order valence-electron chi connectivity index (χ0n) is 18.3. The molecular formula is C26H28N2O5. The first kappa shape index (κ1) is 23.8. The van der Waals surface area contributed by atoms with Gasteiger partial charge < -0.3 is 19.8 Å². The van der Waals surface area contributed by atoms with Gasteiger partial charge in [-0.2, -0.15) is 0 Å². The van der Waals surface area contributed by atoms with Crippen LogP contribution in [0.1, 0.15) is 11.1 Å². The molecule has 172 valence electrons. The first-order valence-electron chi connectivity index (χ1n) is 10.8. The number of hydrogen-bond acceptors (Lipinski definition) is 5. The van der Waals surface area contributed by atoms with Crippen molar-refractivity contribution in [2.75, 3.05) is 31.1 Å². The molecule has 7 nitrogen and oxygen atoms in total. The first-order valence-corrected chi connectivity index (χ1v) is 10.8. The Bertz CT molecular complexity index is 990. The molecule has 1 aliphatic rings. The zero-order chi connectivity index (χ0) is 23.5. The lowest BCUT2D eigenvalue weighted by molar-refractivity contribution is -0.159. The van der Waals surface area contributed by atoms with Gasteiger partial charge in [0, 0.05) is 38.4 Å². The fraction of sp³-hybridized carbons (Fsp3) is 0.231. The number of carboxylic acids is 2. The quantitative estimate of drug-likeness (QED) is 0.555. The lowest BCUT2D eigenvalue weighted by Crippen LogP contribution is -2.45. The zero-order valence-corrected chi connectivity index (χ0v) is 18.3. The van der Waals surface area contributed by atoms with Gasteiger partial charge in [0.05, 0.1) is 0 Å². The largest absolute Gasteiger partial charge is 0.489 e. The number of carboxylic acid groups (broad SMARTS) is 2. The van der Waals surface area contributed by atoms with Crippen LogP contribution in [-0.4, -0.2) is 53.2 Å². The van der Waals surface area contributed by atoms with Crippen LogP contribution in [0.3, 0.4) is 0 Å². The molecule has 1 heterocycles. The number of hydrogen-bond donors (Lipinski definition) is 2. The highest BCUT2D eigenvalue weighted by Gasteiger charge is 2.17. The minimum absolute atomic E-state index is 0.613. The van der Waals surface area contributed by atoms with Crippen LogP contribution in [0.15, 0.2) is 84.9 Å². The number of para-hydroxylation sites is 1. The van der Waals surface area contributed by atoms with Gasteiger partial charge >= 0.3 is 11.9 Å². The molecule has 1 saturated heterocycles. The molecule has 0 atom stereocenters. The molecule has 0 spiro atoms. The Balaban J connectivity index is 0.000000454. The smallest absolute Gasteiger partial charge is 0.414 e. The third kappa shape index (κ3) is 7.97. The van der Waals surface area contributed by atoms with Crippen molar-refractivity contribution in [1.82, 2.24) is 4.90 Å². The first-order chi connectivity index (χ1) is 16.0. The summed E-state index contributed by atoms with van der Waals surface area (Å²) < 4.78 is 5.88. The molecule has 33 heavy (non-hydrogen) atoms. The van der Waals surface area contributed by atoms with Crippen molar-refractivity contribution in [2.24, 2.45) is 0 Å². The van der Waals surface area contributed by atoms with E-state index in [1.165, 1.54) is 16.8 Å². The van der Waals surface area contributed by atoms with E-state index >= 15 is 0 Å². The van der Waals surface area contributed by atoms with Crippen molar-refractivity contribution in [3.8, 4) is 5.75 Å². The van der Waals surface area contributed by atoms with Gasteiger partial charge in [0.2, 0.25) is 0 Å². The number of aliphatic carboxylic acids is 2. The number of ether oxygens (including phenoxy) is 1. The van der Waals surface area contributed by atoms with E-state index in [0.717, 1.165) is 38.5 Å². The van der Waals surface area contributed by atoms with E-state index in [0.29, 0.717) is 6.61 Å². The topological polar surface area (TPSA) is 90.3 Å². The van der Waals surface area contributed by atoms with Gasteiger partial charge in [0.1, 0.15) is 12.4 Å². The highest BCUT2D eigenvalue weighted by atomic mass is 16.5. The van der Waals surface area contributed by atoms with Gasteiger partial charge in [-0.15, -0.1) is 0 Å². The minimum atomic E-state index is -1.82. The summed E-state index contributed by atoms with van der Waals surface area (Å²) in [7, 11) is 0. The summed E-state index contributed by atoms with van der Waals surface area (Å²) in [5.74, 6) is -2.72. The van der Waals surface area contributed by atoms with E-state index in [1.54, 1.807) is 0 Å². The molecule has 1 aliphatic heterocycles. The Morgan fingerprint density at radius 2 is 1.24 bits per heavy atom. The average Bonchev–Trinajstić information content (AvgIpc) is 2.86. The molecule has 7 heteroatoms. The van der Waals surface area contributed by atoms with Crippen LogP contribution in [0.5, 0.6) is 5.75 Å². The van der Waals surface area contributed by atoms with E-state index in [9.17, 15) is 0 Å². The number of nitrogens with zero attached hydrogens (tertiary/aromatic N) is 2. The van der Waals surface area contributed by atoms with Crippen LogP contribution in [0.25, 0.3) is 0 Å². The molecule has 3 aromatic rings. The second-order valence-corrected chi connectivity index (χ2v) is 7.63. The van der Waals surface area contributed by atoms with Crippen LogP contribution < -0.4 is 9.64 Å². The molecule has 3 aromatic carbocycles. The normalized spacial score (nSPS) is 13.5. The van der Waals surface area contributed by atoms with Crippen molar-refractivity contribution in [3.63, 3.8) is 0 Å². The summed E-state index contributed by atoms with van der Waals surface area (Å²) in [6.07, 6.45) is 0. The Morgan fingerprint density at radius 3 is 1.79 bits per heavy atom. The van der Waals surface area contributed by atoms with E-state index in [-0.39, 0.29) is 0 Å². The minimum Gasteiger partial charge on any atom is -0.489 e. The van der Waals surface area contributed by atoms with Gasteiger partial charge in [-0.05, 0) is 35.4 Å². The van der Waals surface area contributed by atoms with Gasteiger partial charge in [-0.1, -0.05) is 60.7 Å². The Labute approximate surface area is 193 Å².